The molecule has 1 aromatic rings. The third-order valence-corrected chi connectivity index (χ3v) is 3.31. The zero-order chi connectivity index (χ0) is 12.7. The summed E-state index contributed by atoms with van der Waals surface area (Å²) in [4.78, 5) is 11.0. The van der Waals surface area contributed by atoms with Crippen molar-refractivity contribution in [1.82, 2.24) is 0 Å². The number of benzene rings is 1. The average Bonchev–Trinajstić information content (AvgIpc) is 2.35. The van der Waals surface area contributed by atoms with Crippen molar-refractivity contribution in [3.63, 3.8) is 0 Å². The Hall–Kier alpha value is -1.80. The highest BCUT2D eigenvalue weighted by molar-refractivity contribution is 7.99. The van der Waals surface area contributed by atoms with E-state index in [1.54, 1.807) is 18.2 Å². The third kappa shape index (κ3) is 4.29. The van der Waals surface area contributed by atoms with Gasteiger partial charge in [0, 0.05) is 22.8 Å². The summed E-state index contributed by atoms with van der Waals surface area (Å²) in [5.41, 5.74) is 0.0808. The zero-order valence-electron chi connectivity index (χ0n) is 9.20. The SMILES string of the molecule is C=CCC(C#N)CSc1ccc([N+](=O)[O-])cc1. The molecule has 1 aromatic carbocycles. The molecule has 1 unspecified atom stereocenters. The van der Waals surface area contributed by atoms with Gasteiger partial charge in [-0.2, -0.15) is 5.26 Å². The van der Waals surface area contributed by atoms with Crippen molar-refractivity contribution in [2.75, 3.05) is 5.75 Å². The van der Waals surface area contributed by atoms with Crippen molar-refractivity contribution in [3.8, 4) is 6.07 Å². The third-order valence-electron chi connectivity index (χ3n) is 2.13. The normalized spacial score (nSPS) is 11.5. The predicted molar refractivity (Wildman–Crippen MR) is 67.7 cm³/mol. The van der Waals surface area contributed by atoms with Gasteiger partial charge in [-0.25, -0.2) is 0 Å². The number of nitro benzene ring substituents is 1. The number of nitro groups is 1. The highest BCUT2D eigenvalue weighted by Crippen LogP contribution is 2.24. The Bertz CT molecular complexity index is 437. The molecular formula is C12H12N2O2S. The first-order valence-corrected chi connectivity index (χ1v) is 6.03. The Labute approximate surface area is 104 Å². The Kier molecular flexibility index (Phi) is 5.24. The average molecular weight is 248 g/mol. The van der Waals surface area contributed by atoms with Crippen LogP contribution in [0.25, 0.3) is 0 Å². The summed E-state index contributed by atoms with van der Waals surface area (Å²) in [6.07, 6.45) is 2.39. The highest BCUT2D eigenvalue weighted by Gasteiger charge is 2.08. The van der Waals surface area contributed by atoms with Crippen molar-refractivity contribution in [2.45, 2.75) is 11.3 Å². The molecule has 4 nitrogen and oxygen atoms in total. The Balaban J connectivity index is 2.55. The van der Waals surface area contributed by atoms with Gasteiger partial charge in [0.25, 0.3) is 5.69 Å². The lowest BCUT2D eigenvalue weighted by atomic mass is 10.1. The second-order valence-electron chi connectivity index (χ2n) is 3.41. The van der Waals surface area contributed by atoms with Crippen LogP contribution in [0.3, 0.4) is 0 Å². The van der Waals surface area contributed by atoms with Gasteiger partial charge in [-0.1, -0.05) is 6.08 Å². The van der Waals surface area contributed by atoms with Crippen LogP contribution < -0.4 is 0 Å². The van der Waals surface area contributed by atoms with Crippen LogP contribution >= 0.6 is 11.8 Å². The second kappa shape index (κ2) is 6.71. The van der Waals surface area contributed by atoms with Gasteiger partial charge in [0.15, 0.2) is 0 Å². The highest BCUT2D eigenvalue weighted by atomic mass is 32.2. The van der Waals surface area contributed by atoms with E-state index >= 15 is 0 Å². The number of thioether (sulfide) groups is 1. The molecule has 0 N–H and O–H groups in total. The fraction of sp³-hybridized carbons (Fsp3) is 0.250. The summed E-state index contributed by atoms with van der Waals surface area (Å²) < 4.78 is 0. The van der Waals surface area contributed by atoms with Crippen LogP contribution in [0.15, 0.2) is 41.8 Å². The maximum atomic E-state index is 10.5. The lowest BCUT2D eigenvalue weighted by molar-refractivity contribution is -0.384. The minimum atomic E-state index is -0.426. The van der Waals surface area contributed by atoms with E-state index in [1.807, 2.05) is 0 Å². The van der Waals surface area contributed by atoms with E-state index in [9.17, 15) is 10.1 Å². The molecule has 0 bridgehead atoms. The van der Waals surface area contributed by atoms with Gasteiger partial charge in [-0.05, 0) is 18.6 Å². The summed E-state index contributed by atoms with van der Waals surface area (Å²) in [6.45, 7) is 3.60. The van der Waals surface area contributed by atoms with Crippen LogP contribution in [-0.2, 0) is 0 Å². The first-order valence-electron chi connectivity index (χ1n) is 5.05. The second-order valence-corrected chi connectivity index (χ2v) is 4.51. The fourth-order valence-corrected chi connectivity index (χ4v) is 2.15. The number of hydrogen-bond donors (Lipinski definition) is 0. The van der Waals surface area contributed by atoms with Gasteiger partial charge in [0.1, 0.15) is 0 Å². The molecule has 0 heterocycles. The van der Waals surface area contributed by atoms with Gasteiger partial charge in [-0.3, -0.25) is 10.1 Å². The van der Waals surface area contributed by atoms with E-state index in [1.165, 1.54) is 23.9 Å². The Morgan fingerprint density at radius 1 is 1.53 bits per heavy atom. The number of nitriles is 1. The van der Waals surface area contributed by atoms with Crippen molar-refractivity contribution in [2.24, 2.45) is 5.92 Å². The Morgan fingerprint density at radius 2 is 2.18 bits per heavy atom. The molecule has 0 amide bonds. The summed E-state index contributed by atoms with van der Waals surface area (Å²) in [6, 6.07) is 8.54. The van der Waals surface area contributed by atoms with E-state index in [0.29, 0.717) is 12.2 Å². The summed E-state index contributed by atoms with van der Waals surface area (Å²) in [5.74, 6) is 0.605. The largest absolute Gasteiger partial charge is 0.269 e. The maximum absolute atomic E-state index is 10.5. The van der Waals surface area contributed by atoms with Crippen molar-refractivity contribution < 1.29 is 4.92 Å². The van der Waals surface area contributed by atoms with Crippen LogP contribution in [0.5, 0.6) is 0 Å². The van der Waals surface area contributed by atoms with Gasteiger partial charge >= 0.3 is 0 Å². The molecular weight excluding hydrogens is 236 g/mol. The van der Waals surface area contributed by atoms with Crippen LogP contribution in [0.4, 0.5) is 5.69 Å². The van der Waals surface area contributed by atoms with Gasteiger partial charge in [-0.15, -0.1) is 18.3 Å². The van der Waals surface area contributed by atoms with E-state index in [-0.39, 0.29) is 11.6 Å². The zero-order valence-corrected chi connectivity index (χ0v) is 10.0. The molecule has 0 aliphatic carbocycles. The van der Waals surface area contributed by atoms with Gasteiger partial charge in [0.05, 0.1) is 16.9 Å². The monoisotopic (exact) mass is 248 g/mol. The quantitative estimate of drug-likeness (QED) is 0.335. The van der Waals surface area contributed by atoms with E-state index in [2.05, 4.69) is 12.6 Å². The van der Waals surface area contributed by atoms with Gasteiger partial charge < -0.3 is 0 Å². The first-order chi connectivity index (χ1) is 8.17. The molecule has 0 aromatic heterocycles. The van der Waals surface area contributed by atoms with Crippen molar-refractivity contribution >= 4 is 17.4 Å². The lowest BCUT2D eigenvalue weighted by Gasteiger charge is -2.05. The van der Waals surface area contributed by atoms with E-state index < -0.39 is 4.92 Å². The molecule has 0 saturated carbocycles. The predicted octanol–water partition coefficient (Wildman–Crippen LogP) is 3.40. The molecule has 0 fully saturated rings. The molecule has 0 aliphatic heterocycles. The van der Waals surface area contributed by atoms with Crippen molar-refractivity contribution in [3.05, 3.63) is 47.0 Å². The molecule has 1 atom stereocenters. The summed E-state index contributed by atoms with van der Waals surface area (Å²) in [5, 5.41) is 19.3. The molecule has 5 heteroatoms. The number of allylic oxidation sites excluding steroid dienone is 1. The summed E-state index contributed by atoms with van der Waals surface area (Å²) >= 11 is 1.52. The first kappa shape index (κ1) is 13.3. The molecule has 0 saturated heterocycles. The lowest BCUT2D eigenvalue weighted by Crippen LogP contribution is -1.98. The van der Waals surface area contributed by atoms with Crippen LogP contribution in [0.1, 0.15) is 6.42 Å². The molecule has 0 radical (unpaired) electrons. The van der Waals surface area contributed by atoms with Crippen LogP contribution in [0, 0.1) is 27.4 Å². The Morgan fingerprint density at radius 3 is 2.65 bits per heavy atom. The maximum Gasteiger partial charge on any atom is 0.269 e. The fourth-order valence-electron chi connectivity index (χ4n) is 1.22. The van der Waals surface area contributed by atoms with Crippen molar-refractivity contribution in [1.29, 1.82) is 5.26 Å². The topological polar surface area (TPSA) is 66.9 Å². The minimum Gasteiger partial charge on any atom is -0.258 e. The smallest absolute Gasteiger partial charge is 0.258 e. The number of rotatable bonds is 6. The number of non-ortho nitro benzene ring substituents is 1. The number of nitrogens with zero attached hydrogens (tertiary/aromatic N) is 2. The van der Waals surface area contributed by atoms with Gasteiger partial charge in [0.2, 0.25) is 0 Å². The molecule has 0 aliphatic rings. The minimum absolute atomic E-state index is 0.0623. The number of hydrogen-bond acceptors (Lipinski definition) is 4. The molecule has 17 heavy (non-hydrogen) atoms. The summed E-state index contributed by atoms with van der Waals surface area (Å²) in [7, 11) is 0. The van der Waals surface area contributed by atoms with Crippen LogP contribution in [0.2, 0.25) is 0 Å². The van der Waals surface area contributed by atoms with E-state index in [4.69, 9.17) is 5.26 Å². The van der Waals surface area contributed by atoms with Crippen LogP contribution in [-0.4, -0.2) is 10.7 Å². The standard InChI is InChI=1S/C12H12N2O2S/c1-2-3-10(8-13)9-17-12-6-4-11(5-7-12)14(15)16/h2,4-7,10H,1,3,9H2. The molecule has 88 valence electrons. The molecule has 1 rings (SSSR count). The van der Waals surface area contributed by atoms with E-state index in [0.717, 1.165) is 4.90 Å². The molecule has 0 spiro atoms.